The van der Waals surface area contributed by atoms with Gasteiger partial charge in [-0.25, -0.2) is 0 Å². The molecule has 0 radical (unpaired) electrons. The molecule has 0 aromatic carbocycles. The quantitative estimate of drug-likeness (QED) is 0.838. The fourth-order valence-electron chi connectivity index (χ4n) is 2.38. The van der Waals surface area contributed by atoms with E-state index < -0.39 is 0 Å². The van der Waals surface area contributed by atoms with Crippen LogP contribution in [0.3, 0.4) is 0 Å². The molecule has 2 aromatic heterocycles. The smallest absolute Gasteiger partial charge is 0.240 e. The van der Waals surface area contributed by atoms with Crippen molar-refractivity contribution in [2.45, 2.75) is 25.7 Å². The van der Waals surface area contributed by atoms with Gasteiger partial charge in [0.25, 0.3) is 0 Å². The number of aromatic nitrogens is 1. The van der Waals surface area contributed by atoms with Crippen LogP contribution in [-0.2, 0) is 0 Å². The maximum Gasteiger partial charge on any atom is 0.240 e. The van der Waals surface area contributed by atoms with E-state index in [9.17, 15) is 5.26 Å². The van der Waals surface area contributed by atoms with Crippen molar-refractivity contribution < 1.29 is 4.42 Å². The Morgan fingerprint density at radius 2 is 2.05 bits per heavy atom. The second-order valence-electron chi connectivity index (χ2n) is 4.66. The zero-order chi connectivity index (χ0) is 13.1. The standard InChI is InChI=1S/C14H15N3OS/c15-10-11-14(17-7-3-1-2-4-8-17)18-13(16-11)12-6-5-9-19-12/h5-6,9H,1-4,7-8H2. The van der Waals surface area contributed by atoms with Gasteiger partial charge in [-0.2, -0.15) is 10.2 Å². The van der Waals surface area contributed by atoms with E-state index in [2.05, 4.69) is 16.0 Å². The molecule has 4 nitrogen and oxygen atoms in total. The maximum atomic E-state index is 9.23. The summed E-state index contributed by atoms with van der Waals surface area (Å²) < 4.78 is 5.85. The van der Waals surface area contributed by atoms with Gasteiger partial charge in [0.2, 0.25) is 17.5 Å². The van der Waals surface area contributed by atoms with Crippen molar-refractivity contribution in [2.24, 2.45) is 0 Å². The first-order chi connectivity index (χ1) is 9.38. The molecule has 1 fully saturated rings. The lowest BCUT2D eigenvalue weighted by Crippen LogP contribution is -2.24. The number of hydrogen-bond donors (Lipinski definition) is 0. The predicted molar refractivity (Wildman–Crippen MR) is 75.2 cm³/mol. The van der Waals surface area contributed by atoms with Crippen LogP contribution in [0.15, 0.2) is 21.9 Å². The van der Waals surface area contributed by atoms with E-state index in [1.807, 2.05) is 17.5 Å². The van der Waals surface area contributed by atoms with Crippen LogP contribution in [0.25, 0.3) is 10.8 Å². The van der Waals surface area contributed by atoms with Crippen LogP contribution in [0.5, 0.6) is 0 Å². The molecule has 0 amide bonds. The fraction of sp³-hybridized carbons (Fsp3) is 0.429. The summed E-state index contributed by atoms with van der Waals surface area (Å²) in [5.74, 6) is 1.21. The van der Waals surface area contributed by atoms with Crippen LogP contribution in [0.4, 0.5) is 5.88 Å². The summed E-state index contributed by atoms with van der Waals surface area (Å²) in [5.41, 5.74) is 0.408. The Morgan fingerprint density at radius 1 is 1.26 bits per heavy atom. The molecule has 1 aliphatic heterocycles. The topological polar surface area (TPSA) is 53.1 Å². The van der Waals surface area contributed by atoms with Crippen molar-refractivity contribution >= 4 is 17.2 Å². The van der Waals surface area contributed by atoms with Crippen molar-refractivity contribution in [1.29, 1.82) is 5.26 Å². The fourth-order valence-corrected chi connectivity index (χ4v) is 3.03. The Morgan fingerprint density at radius 3 is 2.68 bits per heavy atom. The number of hydrogen-bond acceptors (Lipinski definition) is 5. The monoisotopic (exact) mass is 273 g/mol. The third-order valence-electron chi connectivity index (χ3n) is 3.34. The molecule has 0 N–H and O–H groups in total. The van der Waals surface area contributed by atoms with Gasteiger partial charge in [0.1, 0.15) is 6.07 Å². The molecule has 3 rings (SSSR count). The summed E-state index contributed by atoms with van der Waals surface area (Å²) in [6, 6.07) is 6.08. The van der Waals surface area contributed by atoms with Crippen molar-refractivity contribution in [2.75, 3.05) is 18.0 Å². The second kappa shape index (κ2) is 5.45. The van der Waals surface area contributed by atoms with E-state index in [0.29, 0.717) is 17.5 Å². The molecule has 19 heavy (non-hydrogen) atoms. The van der Waals surface area contributed by atoms with Gasteiger partial charge in [0.15, 0.2) is 0 Å². The van der Waals surface area contributed by atoms with E-state index in [1.54, 1.807) is 11.3 Å². The van der Waals surface area contributed by atoms with Crippen LogP contribution < -0.4 is 4.90 Å². The van der Waals surface area contributed by atoms with E-state index in [1.165, 1.54) is 12.8 Å². The molecule has 98 valence electrons. The summed E-state index contributed by atoms with van der Waals surface area (Å²) in [4.78, 5) is 7.45. The molecular weight excluding hydrogens is 258 g/mol. The van der Waals surface area contributed by atoms with E-state index in [0.717, 1.165) is 30.8 Å². The number of thiophene rings is 1. The molecule has 0 bridgehead atoms. The maximum absolute atomic E-state index is 9.23. The summed E-state index contributed by atoms with van der Waals surface area (Å²) in [7, 11) is 0. The molecule has 0 spiro atoms. The van der Waals surface area contributed by atoms with Gasteiger partial charge in [-0.15, -0.1) is 11.3 Å². The molecule has 0 atom stereocenters. The SMILES string of the molecule is N#Cc1nc(-c2cccs2)oc1N1CCCCCC1. The third-order valence-corrected chi connectivity index (χ3v) is 4.20. The molecular formula is C14H15N3OS. The number of nitrogens with zero attached hydrogens (tertiary/aromatic N) is 3. The summed E-state index contributed by atoms with van der Waals surface area (Å²) in [6.07, 6.45) is 4.81. The van der Waals surface area contributed by atoms with Crippen LogP contribution >= 0.6 is 11.3 Å². The third kappa shape index (κ3) is 2.49. The first kappa shape index (κ1) is 12.2. The zero-order valence-corrected chi connectivity index (χ0v) is 11.4. The molecule has 0 saturated carbocycles. The molecule has 0 aliphatic carbocycles. The highest BCUT2D eigenvalue weighted by Gasteiger charge is 2.21. The molecule has 3 heterocycles. The van der Waals surface area contributed by atoms with Gasteiger partial charge in [-0.3, -0.25) is 0 Å². The first-order valence-electron chi connectivity index (χ1n) is 6.58. The lowest BCUT2D eigenvalue weighted by Gasteiger charge is -2.18. The van der Waals surface area contributed by atoms with Crippen molar-refractivity contribution in [3.63, 3.8) is 0 Å². The molecule has 0 unspecified atom stereocenters. The minimum Gasteiger partial charge on any atom is -0.418 e. The molecule has 5 heteroatoms. The Balaban J connectivity index is 1.94. The summed E-state index contributed by atoms with van der Waals surface area (Å²) in [6.45, 7) is 1.90. The van der Waals surface area contributed by atoms with Gasteiger partial charge in [0.05, 0.1) is 4.88 Å². The van der Waals surface area contributed by atoms with Crippen LogP contribution in [0, 0.1) is 11.3 Å². The van der Waals surface area contributed by atoms with E-state index >= 15 is 0 Å². The number of anilines is 1. The van der Waals surface area contributed by atoms with E-state index in [4.69, 9.17) is 4.42 Å². The lowest BCUT2D eigenvalue weighted by molar-refractivity contribution is 0.551. The number of nitriles is 1. The normalized spacial score (nSPS) is 16.1. The first-order valence-corrected chi connectivity index (χ1v) is 7.46. The van der Waals surface area contributed by atoms with Gasteiger partial charge < -0.3 is 9.32 Å². The van der Waals surface area contributed by atoms with Crippen LogP contribution in [0.2, 0.25) is 0 Å². The van der Waals surface area contributed by atoms with Gasteiger partial charge in [0, 0.05) is 13.1 Å². The predicted octanol–water partition coefficient (Wildman–Crippen LogP) is 3.66. The molecule has 1 saturated heterocycles. The highest BCUT2D eigenvalue weighted by Crippen LogP contribution is 2.31. The van der Waals surface area contributed by atoms with Gasteiger partial charge in [-0.05, 0) is 24.3 Å². The number of rotatable bonds is 2. The Hall–Kier alpha value is -1.80. The lowest BCUT2D eigenvalue weighted by atomic mass is 10.2. The largest absolute Gasteiger partial charge is 0.418 e. The minimum absolute atomic E-state index is 0.408. The van der Waals surface area contributed by atoms with Crippen molar-refractivity contribution in [3.05, 3.63) is 23.2 Å². The number of oxazole rings is 1. The molecule has 2 aromatic rings. The highest BCUT2D eigenvalue weighted by molar-refractivity contribution is 7.13. The minimum atomic E-state index is 0.408. The Kier molecular flexibility index (Phi) is 3.51. The summed E-state index contributed by atoms with van der Waals surface area (Å²) in [5, 5.41) is 11.2. The Labute approximate surface area is 116 Å². The van der Waals surface area contributed by atoms with Crippen molar-refractivity contribution in [1.82, 2.24) is 4.98 Å². The van der Waals surface area contributed by atoms with Crippen LogP contribution in [0.1, 0.15) is 31.4 Å². The van der Waals surface area contributed by atoms with Crippen molar-refractivity contribution in [3.8, 4) is 16.8 Å². The van der Waals surface area contributed by atoms with Gasteiger partial charge >= 0.3 is 0 Å². The average molecular weight is 273 g/mol. The average Bonchev–Trinajstić information content (AvgIpc) is 3.02. The highest BCUT2D eigenvalue weighted by atomic mass is 32.1. The summed E-state index contributed by atoms with van der Waals surface area (Å²) >= 11 is 1.58. The van der Waals surface area contributed by atoms with Crippen LogP contribution in [-0.4, -0.2) is 18.1 Å². The van der Waals surface area contributed by atoms with Gasteiger partial charge in [-0.1, -0.05) is 18.9 Å². The Bertz CT molecular complexity index is 574. The second-order valence-corrected chi connectivity index (χ2v) is 5.61. The zero-order valence-electron chi connectivity index (χ0n) is 10.6. The molecule has 1 aliphatic rings. The van der Waals surface area contributed by atoms with E-state index in [-0.39, 0.29) is 0 Å².